The smallest absolute Gasteiger partial charge is 0.122 e. The molecule has 1 unspecified atom stereocenters. The first-order valence-electron chi connectivity index (χ1n) is 4.84. The monoisotopic (exact) mass is 207 g/mol. The SMILES string of the molecule is CC(O)CN(C)c1ccc(C(=N)N)cc1. The van der Waals surface area contributed by atoms with E-state index in [9.17, 15) is 5.11 Å². The minimum absolute atomic E-state index is 0.0692. The fourth-order valence-electron chi connectivity index (χ4n) is 1.40. The summed E-state index contributed by atoms with van der Waals surface area (Å²) in [4.78, 5) is 1.95. The Hall–Kier alpha value is -1.55. The van der Waals surface area contributed by atoms with Crippen LogP contribution in [-0.4, -0.2) is 30.6 Å². The number of nitrogens with zero attached hydrogens (tertiary/aromatic N) is 1. The van der Waals surface area contributed by atoms with Crippen LogP contribution in [0, 0.1) is 5.41 Å². The lowest BCUT2D eigenvalue weighted by molar-refractivity contribution is 0.201. The molecule has 1 atom stereocenters. The normalized spacial score (nSPS) is 12.2. The van der Waals surface area contributed by atoms with Gasteiger partial charge in [0.05, 0.1) is 6.10 Å². The number of aliphatic hydroxyl groups is 1. The van der Waals surface area contributed by atoms with E-state index in [2.05, 4.69) is 0 Å². The fourth-order valence-corrected chi connectivity index (χ4v) is 1.40. The molecule has 0 aliphatic heterocycles. The van der Waals surface area contributed by atoms with E-state index >= 15 is 0 Å². The van der Waals surface area contributed by atoms with Gasteiger partial charge in [0.25, 0.3) is 0 Å². The van der Waals surface area contributed by atoms with Gasteiger partial charge in [-0.1, -0.05) is 0 Å². The largest absolute Gasteiger partial charge is 0.392 e. The van der Waals surface area contributed by atoms with Gasteiger partial charge in [0.15, 0.2) is 0 Å². The number of benzene rings is 1. The average molecular weight is 207 g/mol. The van der Waals surface area contributed by atoms with Crippen LogP contribution in [0.2, 0.25) is 0 Å². The lowest BCUT2D eigenvalue weighted by atomic mass is 10.2. The van der Waals surface area contributed by atoms with Gasteiger partial charge in [0.1, 0.15) is 5.84 Å². The highest BCUT2D eigenvalue weighted by Gasteiger charge is 2.04. The van der Waals surface area contributed by atoms with Crippen molar-refractivity contribution in [3.05, 3.63) is 29.8 Å². The Morgan fingerprint density at radius 1 is 1.47 bits per heavy atom. The molecule has 0 saturated heterocycles. The van der Waals surface area contributed by atoms with Crippen molar-refractivity contribution in [3.8, 4) is 0 Å². The molecule has 1 aromatic carbocycles. The van der Waals surface area contributed by atoms with Crippen molar-refractivity contribution >= 4 is 11.5 Å². The predicted octanol–water partition coefficient (Wildman–Crippen LogP) is 0.788. The Morgan fingerprint density at radius 3 is 2.40 bits per heavy atom. The molecule has 0 aliphatic carbocycles. The number of hydrogen-bond acceptors (Lipinski definition) is 3. The van der Waals surface area contributed by atoms with Gasteiger partial charge < -0.3 is 15.7 Å². The number of amidine groups is 1. The highest BCUT2D eigenvalue weighted by molar-refractivity contribution is 5.95. The molecule has 0 aromatic heterocycles. The maximum Gasteiger partial charge on any atom is 0.122 e. The second kappa shape index (κ2) is 4.79. The number of aliphatic hydroxyl groups excluding tert-OH is 1. The standard InChI is InChI=1S/C11H17N3O/c1-8(15)7-14(2)10-5-3-9(4-6-10)11(12)13/h3-6,8,15H,7H2,1-2H3,(H3,12,13). The van der Waals surface area contributed by atoms with Crippen LogP contribution in [0.3, 0.4) is 0 Å². The Kier molecular flexibility index (Phi) is 3.68. The van der Waals surface area contributed by atoms with Gasteiger partial charge in [-0.25, -0.2) is 0 Å². The van der Waals surface area contributed by atoms with Crippen molar-refractivity contribution in [2.75, 3.05) is 18.5 Å². The Balaban J connectivity index is 2.75. The zero-order chi connectivity index (χ0) is 11.4. The molecule has 0 fully saturated rings. The van der Waals surface area contributed by atoms with E-state index in [0.29, 0.717) is 12.1 Å². The summed E-state index contributed by atoms with van der Waals surface area (Å²) in [7, 11) is 1.91. The molecule has 1 rings (SSSR count). The maximum absolute atomic E-state index is 9.23. The van der Waals surface area contributed by atoms with Crippen LogP contribution < -0.4 is 10.6 Å². The summed E-state index contributed by atoms with van der Waals surface area (Å²) in [5.74, 6) is 0.0692. The first-order chi connectivity index (χ1) is 7.00. The molecule has 4 N–H and O–H groups in total. The van der Waals surface area contributed by atoms with Gasteiger partial charge in [-0.2, -0.15) is 0 Å². The third kappa shape index (κ3) is 3.25. The molecule has 15 heavy (non-hydrogen) atoms. The average Bonchev–Trinajstić information content (AvgIpc) is 2.17. The number of likely N-dealkylation sites (N-methyl/N-ethyl adjacent to an activating group) is 1. The van der Waals surface area contributed by atoms with Gasteiger partial charge >= 0.3 is 0 Å². The second-order valence-corrected chi connectivity index (χ2v) is 3.69. The fraction of sp³-hybridized carbons (Fsp3) is 0.364. The summed E-state index contributed by atoms with van der Waals surface area (Å²) in [6, 6.07) is 7.38. The van der Waals surface area contributed by atoms with Crippen LogP contribution in [0.25, 0.3) is 0 Å². The van der Waals surface area contributed by atoms with Gasteiger partial charge in [0.2, 0.25) is 0 Å². The number of hydrogen-bond donors (Lipinski definition) is 3. The minimum atomic E-state index is -0.359. The van der Waals surface area contributed by atoms with Gasteiger partial charge in [-0.15, -0.1) is 0 Å². The summed E-state index contributed by atoms with van der Waals surface area (Å²) in [6.07, 6.45) is -0.359. The number of rotatable bonds is 4. The third-order valence-corrected chi connectivity index (χ3v) is 2.16. The molecule has 4 heteroatoms. The Morgan fingerprint density at radius 2 is 2.00 bits per heavy atom. The highest BCUT2D eigenvalue weighted by Crippen LogP contribution is 2.13. The maximum atomic E-state index is 9.23. The van der Waals surface area contributed by atoms with Gasteiger partial charge in [0, 0.05) is 24.8 Å². The summed E-state index contributed by atoms with van der Waals surface area (Å²) in [5.41, 5.74) is 7.06. The quantitative estimate of drug-likeness (QED) is 0.505. The molecule has 0 radical (unpaired) electrons. The lowest BCUT2D eigenvalue weighted by Crippen LogP contribution is -2.26. The highest BCUT2D eigenvalue weighted by atomic mass is 16.3. The predicted molar refractivity (Wildman–Crippen MR) is 62.4 cm³/mol. The molecule has 0 amide bonds. The summed E-state index contributed by atoms with van der Waals surface area (Å²) in [5, 5.41) is 16.5. The first-order valence-corrected chi connectivity index (χ1v) is 4.84. The van der Waals surface area contributed by atoms with Crippen LogP contribution in [0.15, 0.2) is 24.3 Å². The third-order valence-electron chi connectivity index (χ3n) is 2.16. The number of anilines is 1. The van der Waals surface area contributed by atoms with Crippen LogP contribution in [0.1, 0.15) is 12.5 Å². The first kappa shape index (κ1) is 11.5. The van der Waals surface area contributed by atoms with Crippen molar-refractivity contribution in [3.63, 3.8) is 0 Å². The summed E-state index contributed by atoms with van der Waals surface area (Å²) >= 11 is 0. The van der Waals surface area contributed by atoms with Crippen LogP contribution in [-0.2, 0) is 0 Å². The molecular formula is C11H17N3O. The van der Waals surface area contributed by atoms with Crippen LogP contribution >= 0.6 is 0 Å². The van der Waals surface area contributed by atoms with Crippen LogP contribution in [0.5, 0.6) is 0 Å². The van der Waals surface area contributed by atoms with Gasteiger partial charge in [-0.05, 0) is 31.2 Å². The molecule has 0 spiro atoms. The van der Waals surface area contributed by atoms with Crippen LogP contribution in [0.4, 0.5) is 5.69 Å². The van der Waals surface area contributed by atoms with Crippen molar-refractivity contribution in [1.82, 2.24) is 0 Å². The molecular weight excluding hydrogens is 190 g/mol. The molecule has 0 saturated carbocycles. The van der Waals surface area contributed by atoms with E-state index in [1.165, 1.54) is 0 Å². The molecule has 0 aliphatic rings. The Bertz CT molecular complexity index is 332. The summed E-state index contributed by atoms with van der Waals surface area (Å²) in [6.45, 7) is 2.33. The lowest BCUT2D eigenvalue weighted by Gasteiger charge is -2.20. The molecule has 1 aromatic rings. The molecule has 0 bridgehead atoms. The molecule has 4 nitrogen and oxygen atoms in total. The minimum Gasteiger partial charge on any atom is -0.392 e. The molecule has 82 valence electrons. The van der Waals surface area contributed by atoms with E-state index in [0.717, 1.165) is 5.69 Å². The van der Waals surface area contributed by atoms with E-state index < -0.39 is 0 Å². The van der Waals surface area contributed by atoms with E-state index in [1.807, 2.05) is 24.1 Å². The zero-order valence-electron chi connectivity index (χ0n) is 9.07. The number of nitrogens with one attached hydrogen (secondary N) is 1. The van der Waals surface area contributed by atoms with Crippen molar-refractivity contribution in [2.45, 2.75) is 13.0 Å². The van der Waals surface area contributed by atoms with Crippen molar-refractivity contribution in [2.24, 2.45) is 5.73 Å². The number of nitrogens with two attached hydrogens (primary N) is 1. The van der Waals surface area contributed by atoms with Gasteiger partial charge in [-0.3, -0.25) is 5.41 Å². The van der Waals surface area contributed by atoms with Crippen molar-refractivity contribution in [1.29, 1.82) is 5.41 Å². The van der Waals surface area contributed by atoms with E-state index in [1.54, 1.807) is 19.1 Å². The Labute approximate surface area is 89.8 Å². The van der Waals surface area contributed by atoms with Crippen molar-refractivity contribution < 1.29 is 5.11 Å². The second-order valence-electron chi connectivity index (χ2n) is 3.69. The molecule has 0 heterocycles. The van der Waals surface area contributed by atoms with E-state index in [-0.39, 0.29) is 11.9 Å². The number of nitrogen functional groups attached to an aromatic ring is 1. The van der Waals surface area contributed by atoms with E-state index in [4.69, 9.17) is 11.1 Å². The topological polar surface area (TPSA) is 73.3 Å². The summed E-state index contributed by atoms with van der Waals surface area (Å²) < 4.78 is 0. The zero-order valence-corrected chi connectivity index (χ0v) is 9.07.